The first-order chi connectivity index (χ1) is 14.0. The summed E-state index contributed by atoms with van der Waals surface area (Å²) in [5.74, 6) is -4.61. The molecule has 0 saturated carbocycles. The lowest BCUT2D eigenvalue weighted by molar-refractivity contribution is -0.384. The third kappa shape index (κ3) is 4.63. The van der Waals surface area contributed by atoms with Gasteiger partial charge in [0, 0.05) is 17.8 Å². The Morgan fingerprint density at radius 1 is 1.07 bits per heavy atom. The molecular weight excluding hydrogens is 416 g/mol. The molecule has 2 aromatic rings. The number of alkyl halides is 3. The maximum atomic E-state index is 13.9. The molecule has 0 radical (unpaired) electrons. The van der Waals surface area contributed by atoms with Gasteiger partial charge in [-0.1, -0.05) is 12.1 Å². The molecule has 2 rings (SSSR count). The summed E-state index contributed by atoms with van der Waals surface area (Å²) in [6.07, 6.45) is -5.45. The Bertz CT molecular complexity index is 952. The van der Waals surface area contributed by atoms with Crippen LogP contribution in [0.4, 0.5) is 28.9 Å². The summed E-state index contributed by atoms with van der Waals surface area (Å²) in [5, 5.41) is 12.1. The average Bonchev–Trinajstić information content (AvgIpc) is 2.70. The van der Waals surface area contributed by atoms with E-state index in [1.807, 2.05) is 5.43 Å². The number of nitro groups is 1. The van der Waals surface area contributed by atoms with E-state index in [1.165, 1.54) is 17.4 Å². The van der Waals surface area contributed by atoms with E-state index in [-0.39, 0.29) is 11.4 Å². The number of nitrogens with zero attached hydrogens (tertiary/aromatic N) is 1. The number of carbonyl (C=O) groups is 2. The number of anilines is 1. The molecule has 0 unspecified atom stereocenters. The number of hydrogen-bond donors (Lipinski definition) is 3. The van der Waals surface area contributed by atoms with Crippen molar-refractivity contribution < 1.29 is 36.8 Å². The van der Waals surface area contributed by atoms with Crippen molar-refractivity contribution in [3.05, 3.63) is 70.0 Å². The molecule has 0 bridgehead atoms. The molecule has 0 spiro atoms. The molecule has 0 aliphatic heterocycles. The second-order valence-electron chi connectivity index (χ2n) is 5.73. The summed E-state index contributed by atoms with van der Waals surface area (Å²) in [7, 11) is 0.658. The Hall–Kier alpha value is -3.74. The molecule has 2 aromatic carbocycles. The number of rotatable bonds is 7. The van der Waals surface area contributed by atoms with Crippen molar-refractivity contribution in [1.82, 2.24) is 10.7 Å². The van der Waals surface area contributed by atoms with Gasteiger partial charge in [-0.2, -0.15) is 18.6 Å². The number of nitrogens with one attached hydrogen (secondary N) is 3. The smallest absolute Gasteiger partial charge is 0.438 e. The minimum Gasteiger partial charge on any atom is -0.466 e. The number of carbonyl (C=O) groups excluding carboxylic acids is 2. The van der Waals surface area contributed by atoms with Crippen LogP contribution < -0.4 is 16.2 Å². The van der Waals surface area contributed by atoms with Crippen molar-refractivity contribution in [1.29, 1.82) is 0 Å². The van der Waals surface area contributed by atoms with E-state index in [1.54, 1.807) is 5.43 Å². The average molecular weight is 430 g/mol. The number of nitro benzene ring substituents is 1. The van der Waals surface area contributed by atoms with Gasteiger partial charge in [-0.15, -0.1) is 0 Å². The Morgan fingerprint density at radius 3 is 2.17 bits per heavy atom. The summed E-state index contributed by atoms with van der Waals surface area (Å²) in [4.78, 5) is 34.3. The largest absolute Gasteiger partial charge is 0.466 e. The molecule has 13 heteroatoms. The van der Waals surface area contributed by atoms with Crippen LogP contribution in [-0.2, 0) is 9.53 Å². The van der Waals surface area contributed by atoms with Crippen LogP contribution in [-0.4, -0.2) is 35.7 Å². The molecular formula is C17H14F4N4O5. The highest BCUT2D eigenvalue weighted by atomic mass is 19.4. The van der Waals surface area contributed by atoms with Crippen molar-refractivity contribution in [2.45, 2.75) is 11.8 Å². The maximum absolute atomic E-state index is 13.9. The molecule has 0 aliphatic carbocycles. The highest BCUT2D eigenvalue weighted by Gasteiger charge is 2.63. The van der Waals surface area contributed by atoms with Gasteiger partial charge in [0.1, 0.15) is 5.82 Å². The summed E-state index contributed by atoms with van der Waals surface area (Å²) in [6.45, 7) is 0. The lowest BCUT2D eigenvalue weighted by Gasteiger charge is -2.34. The molecule has 0 heterocycles. The standard InChI is InChI=1S/C17H14F4N4O5/c1-30-15(27)16(17(19,20)21,22-14(26)12-4-2-3-5-13(12)18)24-23-10-6-8-11(9-7-10)25(28)29/h2-9,23-24H,1H3,(H,22,26)/t16-/m0/s1. The van der Waals surface area contributed by atoms with Crippen molar-refractivity contribution in [2.24, 2.45) is 0 Å². The third-order valence-electron chi connectivity index (χ3n) is 3.81. The van der Waals surface area contributed by atoms with E-state index in [9.17, 15) is 37.3 Å². The van der Waals surface area contributed by atoms with Crippen LogP contribution in [0.25, 0.3) is 0 Å². The summed E-state index contributed by atoms with van der Waals surface area (Å²) < 4.78 is 59.6. The fraction of sp³-hybridized carbons (Fsp3) is 0.176. The lowest BCUT2D eigenvalue weighted by Crippen LogP contribution is -2.73. The van der Waals surface area contributed by atoms with Gasteiger partial charge in [0.15, 0.2) is 0 Å². The number of non-ortho nitro benzene ring substituents is 1. The monoisotopic (exact) mass is 430 g/mol. The van der Waals surface area contributed by atoms with E-state index < -0.39 is 40.0 Å². The number of ether oxygens (including phenoxy) is 1. The van der Waals surface area contributed by atoms with Gasteiger partial charge >= 0.3 is 17.8 Å². The molecule has 0 saturated heterocycles. The number of benzene rings is 2. The van der Waals surface area contributed by atoms with Gasteiger partial charge in [-0.05, 0) is 24.3 Å². The fourth-order valence-electron chi connectivity index (χ4n) is 2.26. The van der Waals surface area contributed by atoms with Crippen LogP contribution in [0.5, 0.6) is 0 Å². The van der Waals surface area contributed by atoms with Crippen LogP contribution in [0.2, 0.25) is 0 Å². The predicted octanol–water partition coefficient (Wildman–Crippen LogP) is 2.51. The summed E-state index contributed by atoms with van der Waals surface area (Å²) in [6, 6.07) is 8.32. The van der Waals surface area contributed by atoms with E-state index in [2.05, 4.69) is 4.74 Å². The highest BCUT2D eigenvalue weighted by Crippen LogP contribution is 2.30. The Morgan fingerprint density at radius 2 is 1.67 bits per heavy atom. The number of methoxy groups -OCH3 is 1. The zero-order valence-corrected chi connectivity index (χ0v) is 15.1. The van der Waals surface area contributed by atoms with E-state index in [4.69, 9.17) is 0 Å². The molecule has 1 amide bonds. The first-order valence-corrected chi connectivity index (χ1v) is 8.01. The van der Waals surface area contributed by atoms with Gasteiger partial charge in [0.2, 0.25) is 0 Å². The SMILES string of the molecule is COC(=O)[C@@](NNc1ccc([N+](=O)[O-])cc1)(NC(=O)c1ccccc1F)C(F)(F)F. The predicted molar refractivity (Wildman–Crippen MR) is 94.5 cm³/mol. The van der Waals surface area contributed by atoms with E-state index >= 15 is 0 Å². The number of esters is 1. The van der Waals surface area contributed by atoms with Gasteiger partial charge in [-0.25, -0.2) is 9.18 Å². The second kappa shape index (κ2) is 8.73. The topological polar surface area (TPSA) is 123 Å². The van der Waals surface area contributed by atoms with Crippen molar-refractivity contribution in [3.8, 4) is 0 Å². The van der Waals surface area contributed by atoms with Gasteiger partial charge in [0.25, 0.3) is 11.6 Å². The first kappa shape index (κ1) is 22.5. The summed E-state index contributed by atoms with van der Waals surface area (Å²) in [5.41, 5.74) is -1.32. The molecule has 3 N–H and O–H groups in total. The quantitative estimate of drug-likeness (QED) is 0.203. The fourth-order valence-corrected chi connectivity index (χ4v) is 2.26. The van der Waals surface area contributed by atoms with Crippen LogP contribution in [0.1, 0.15) is 10.4 Å². The zero-order valence-electron chi connectivity index (χ0n) is 15.1. The van der Waals surface area contributed by atoms with Crippen LogP contribution >= 0.6 is 0 Å². The van der Waals surface area contributed by atoms with E-state index in [0.29, 0.717) is 7.11 Å². The minimum atomic E-state index is -5.45. The third-order valence-corrected chi connectivity index (χ3v) is 3.81. The molecule has 9 nitrogen and oxygen atoms in total. The van der Waals surface area contributed by atoms with Crippen LogP contribution in [0.15, 0.2) is 48.5 Å². The van der Waals surface area contributed by atoms with Gasteiger partial charge in [-0.3, -0.25) is 14.9 Å². The lowest BCUT2D eigenvalue weighted by atomic mass is 10.1. The van der Waals surface area contributed by atoms with Gasteiger partial charge < -0.3 is 15.5 Å². The van der Waals surface area contributed by atoms with Crippen molar-refractivity contribution >= 4 is 23.3 Å². The molecule has 0 aliphatic rings. The van der Waals surface area contributed by atoms with E-state index in [0.717, 1.165) is 36.4 Å². The van der Waals surface area contributed by atoms with Crippen molar-refractivity contribution in [2.75, 3.05) is 12.5 Å². The highest BCUT2D eigenvalue weighted by molar-refractivity contribution is 5.98. The Balaban J connectivity index is 2.38. The zero-order chi connectivity index (χ0) is 22.5. The molecule has 160 valence electrons. The van der Waals surface area contributed by atoms with Gasteiger partial charge in [0.05, 0.1) is 17.6 Å². The molecule has 30 heavy (non-hydrogen) atoms. The second-order valence-corrected chi connectivity index (χ2v) is 5.73. The summed E-state index contributed by atoms with van der Waals surface area (Å²) >= 11 is 0. The normalized spacial score (nSPS) is 13.1. The number of halogens is 4. The van der Waals surface area contributed by atoms with Crippen molar-refractivity contribution in [3.63, 3.8) is 0 Å². The number of hydrogen-bond acceptors (Lipinski definition) is 7. The number of amides is 1. The number of hydrazine groups is 1. The van der Waals surface area contributed by atoms with Crippen LogP contribution in [0.3, 0.4) is 0 Å². The Labute approximate surface area is 166 Å². The minimum absolute atomic E-state index is 0.113. The molecule has 0 aromatic heterocycles. The first-order valence-electron chi connectivity index (χ1n) is 8.01. The van der Waals surface area contributed by atoms with Crippen LogP contribution in [0, 0.1) is 15.9 Å². The Kier molecular flexibility index (Phi) is 6.56. The maximum Gasteiger partial charge on any atom is 0.438 e. The molecule has 1 atom stereocenters. The molecule has 0 fully saturated rings.